The molecule has 1 fully saturated rings. The molecule has 0 unspecified atom stereocenters. The first-order valence-electron chi connectivity index (χ1n) is 6.97. The number of halogens is 1. The fourth-order valence-corrected chi connectivity index (χ4v) is 3.68. The van der Waals surface area contributed by atoms with Gasteiger partial charge in [0.2, 0.25) is 0 Å². The molecular weight excluding hydrogens is 262 g/mol. The van der Waals surface area contributed by atoms with Gasteiger partial charge in [0, 0.05) is 35.0 Å². The van der Waals surface area contributed by atoms with Crippen LogP contribution >= 0.6 is 11.6 Å². The van der Waals surface area contributed by atoms with Gasteiger partial charge in [0.25, 0.3) is 0 Å². The minimum atomic E-state index is 0.0475. The minimum Gasteiger partial charge on any atom is -0.489 e. The summed E-state index contributed by atoms with van der Waals surface area (Å²) in [7, 11) is 0. The molecular formula is C15H20ClNO2. The second-order valence-electron chi connectivity index (χ2n) is 5.57. The monoisotopic (exact) mass is 281 g/mol. The summed E-state index contributed by atoms with van der Waals surface area (Å²) in [5.41, 5.74) is 8.34. The molecule has 2 N–H and O–H groups in total. The van der Waals surface area contributed by atoms with Crippen molar-refractivity contribution in [2.75, 3.05) is 19.8 Å². The van der Waals surface area contributed by atoms with Crippen LogP contribution in [0.5, 0.6) is 11.5 Å². The zero-order valence-corrected chi connectivity index (χ0v) is 12.1. The molecule has 4 heteroatoms. The van der Waals surface area contributed by atoms with Gasteiger partial charge in [-0.3, -0.25) is 0 Å². The Hall–Kier alpha value is -0.930. The first-order chi connectivity index (χ1) is 9.18. The van der Waals surface area contributed by atoms with E-state index >= 15 is 0 Å². The Morgan fingerprint density at radius 2 is 2.00 bits per heavy atom. The molecule has 1 aliphatic carbocycles. The third-order valence-electron chi connectivity index (χ3n) is 4.46. The second kappa shape index (κ2) is 4.88. The minimum absolute atomic E-state index is 0.0475. The first-order valence-corrected chi connectivity index (χ1v) is 7.35. The number of rotatable bonds is 2. The first kappa shape index (κ1) is 13.1. The SMILES string of the molecule is Cc1c2c(cc(Cl)c1C1(CN)CCC1)OCCCO2. The summed E-state index contributed by atoms with van der Waals surface area (Å²) in [6.07, 6.45) is 4.36. The summed E-state index contributed by atoms with van der Waals surface area (Å²) in [6.45, 7) is 4.10. The predicted octanol–water partition coefficient (Wildman–Crippen LogP) is 3.19. The third-order valence-corrected chi connectivity index (χ3v) is 4.76. The summed E-state index contributed by atoms with van der Waals surface area (Å²) < 4.78 is 11.6. The van der Waals surface area contributed by atoms with Crippen LogP contribution in [-0.4, -0.2) is 19.8 Å². The van der Waals surface area contributed by atoms with E-state index in [9.17, 15) is 0 Å². The van der Waals surface area contributed by atoms with Gasteiger partial charge in [0.15, 0.2) is 11.5 Å². The van der Waals surface area contributed by atoms with E-state index in [1.165, 1.54) is 12.0 Å². The van der Waals surface area contributed by atoms with Crippen LogP contribution in [0.3, 0.4) is 0 Å². The van der Waals surface area contributed by atoms with Crippen LogP contribution in [0.1, 0.15) is 36.8 Å². The Morgan fingerprint density at radius 3 is 2.63 bits per heavy atom. The summed E-state index contributed by atoms with van der Waals surface area (Å²) in [5.74, 6) is 1.63. The fourth-order valence-electron chi connectivity index (χ4n) is 3.24. The molecule has 1 aliphatic heterocycles. The van der Waals surface area contributed by atoms with Gasteiger partial charge in [-0.2, -0.15) is 0 Å². The van der Waals surface area contributed by atoms with Crippen LogP contribution in [0, 0.1) is 6.92 Å². The van der Waals surface area contributed by atoms with E-state index in [0.717, 1.165) is 41.3 Å². The number of hydrogen-bond acceptors (Lipinski definition) is 3. The van der Waals surface area contributed by atoms with Crippen LogP contribution in [0.4, 0.5) is 0 Å². The van der Waals surface area contributed by atoms with Crippen LogP contribution in [0.15, 0.2) is 6.07 Å². The van der Waals surface area contributed by atoms with Crippen LogP contribution in [0.25, 0.3) is 0 Å². The van der Waals surface area contributed by atoms with Crippen molar-refractivity contribution in [3.63, 3.8) is 0 Å². The van der Waals surface area contributed by atoms with E-state index in [1.807, 2.05) is 6.07 Å². The Morgan fingerprint density at radius 1 is 1.26 bits per heavy atom. The molecule has 3 nitrogen and oxygen atoms in total. The lowest BCUT2D eigenvalue weighted by atomic mass is 9.63. The highest BCUT2D eigenvalue weighted by atomic mass is 35.5. The summed E-state index contributed by atoms with van der Waals surface area (Å²) in [4.78, 5) is 0. The quantitative estimate of drug-likeness (QED) is 0.905. The van der Waals surface area contributed by atoms with Gasteiger partial charge < -0.3 is 15.2 Å². The molecule has 104 valence electrons. The number of benzene rings is 1. The molecule has 1 aromatic rings. The fraction of sp³-hybridized carbons (Fsp3) is 0.600. The smallest absolute Gasteiger partial charge is 0.164 e. The van der Waals surface area contributed by atoms with Gasteiger partial charge in [-0.1, -0.05) is 18.0 Å². The number of nitrogens with two attached hydrogens (primary N) is 1. The molecule has 0 saturated heterocycles. The highest BCUT2D eigenvalue weighted by Crippen LogP contribution is 2.51. The van der Waals surface area contributed by atoms with E-state index in [0.29, 0.717) is 19.8 Å². The third kappa shape index (κ3) is 2.00. The standard InChI is InChI=1S/C15H20ClNO2/c1-10-13(15(9-17)4-2-5-15)11(16)8-12-14(10)19-7-3-6-18-12/h8H,2-7,9,17H2,1H3. The maximum Gasteiger partial charge on any atom is 0.164 e. The van der Waals surface area contributed by atoms with Gasteiger partial charge >= 0.3 is 0 Å². The topological polar surface area (TPSA) is 44.5 Å². The van der Waals surface area contributed by atoms with Crippen molar-refractivity contribution in [3.05, 3.63) is 22.2 Å². The van der Waals surface area contributed by atoms with Gasteiger partial charge in [-0.05, 0) is 25.3 Å². The molecule has 1 heterocycles. The molecule has 3 rings (SSSR count). The summed E-state index contributed by atoms with van der Waals surface area (Å²) >= 11 is 6.50. The summed E-state index contributed by atoms with van der Waals surface area (Å²) in [6, 6.07) is 1.90. The van der Waals surface area contributed by atoms with E-state index in [2.05, 4.69) is 6.92 Å². The second-order valence-corrected chi connectivity index (χ2v) is 5.98. The van der Waals surface area contributed by atoms with E-state index in [-0.39, 0.29) is 5.41 Å². The van der Waals surface area contributed by atoms with Crippen molar-refractivity contribution >= 4 is 11.6 Å². The Balaban J connectivity index is 2.13. The van der Waals surface area contributed by atoms with Crippen molar-refractivity contribution in [1.82, 2.24) is 0 Å². The average molecular weight is 282 g/mol. The molecule has 1 saturated carbocycles. The largest absolute Gasteiger partial charge is 0.489 e. The van der Waals surface area contributed by atoms with Gasteiger partial charge in [0.05, 0.1) is 13.2 Å². The number of ether oxygens (including phenoxy) is 2. The maximum absolute atomic E-state index is 6.50. The normalized spacial score (nSPS) is 20.6. The lowest BCUT2D eigenvalue weighted by Crippen LogP contribution is -2.42. The van der Waals surface area contributed by atoms with Crippen LogP contribution < -0.4 is 15.2 Å². The molecule has 0 aromatic heterocycles. The highest BCUT2D eigenvalue weighted by molar-refractivity contribution is 6.31. The van der Waals surface area contributed by atoms with Crippen LogP contribution in [0.2, 0.25) is 5.02 Å². The van der Waals surface area contributed by atoms with E-state index in [4.69, 9.17) is 26.8 Å². The van der Waals surface area contributed by atoms with Gasteiger partial charge in [-0.25, -0.2) is 0 Å². The van der Waals surface area contributed by atoms with Crippen LogP contribution in [-0.2, 0) is 5.41 Å². The lowest BCUT2D eigenvalue weighted by molar-refractivity contribution is 0.249. The molecule has 0 atom stereocenters. The molecule has 1 aromatic carbocycles. The lowest BCUT2D eigenvalue weighted by Gasteiger charge is -2.43. The van der Waals surface area contributed by atoms with Crippen molar-refractivity contribution in [2.45, 2.75) is 38.0 Å². The van der Waals surface area contributed by atoms with Crippen molar-refractivity contribution in [1.29, 1.82) is 0 Å². The summed E-state index contributed by atoms with van der Waals surface area (Å²) in [5, 5.41) is 0.770. The zero-order valence-electron chi connectivity index (χ0n) is 11.3. The van der Waals surface area contributed by atoms with E-state index in [1.54, 1.807) is 0 Å². The molecule has 0 bridgehead atoms. The molecule has 2 aliphatic rings. The van der Waals surface area contributed by atoms with Crippen molar-refractivity contribution in [2.24, 2.45) is 5.73 Å². The highest BCUT2D eigenvalue weighted by Gasteiger charge is 2.41. The van der Waals surface area contributed by atoms with Crippen molar-refractivity contribution in [3.8, 4) is 11.5 Å². The molecule has 0 radical (unpaired) electrons. The average Bonchev–Trinajstić information content (AvgIpc) is 2.57. The predicted molar refractivity (Wildman–Crippen MR) is 76.4 cm³/mol. The van der Waals surface area contributed by atoms with E-state index < -0.39 is 0 Å². The number of hydrogen-bond donors (Lipinski definition) is 1. The zero-order chi connectivity index (χ0) is 13.5. The van der Waals surface area contributed by atoms with Crippen molar-refractivity contribution < 1.29 is 9.47 Å². The number of fused-ring (bicyclic) bond motifs is 1. The molecule has 0 amide bonds. The Kier molecular flexibility index (Phi) is 3.35. The molecule has 0 spiro atoms. The van der Waals surface area contributed by atoms with Gasteiger partial charge in [-0.15, -0.1) is 0 Å². The Labute approximate surface area is 119 Å². The molecule has 19 heavy (non-hydrogen) atoms. The van der Waals surface area contributed by atoms with Gasteiger partial charge in [0.1, 0.15) is 0 Å². The maximum atomic E-state index is 6.50. The Bertz CT molecular complexity index is 492.